The van der Waals surface area contributed by atoms with Gasteiger partial charge in [-0.3, -0.25) is 5.32 Å². The number of carbonyl (C=O) groups excluding carboxylic acids is 1. The summed E-state index contributed by atoms with van der Waals surface area (Å²) < 4.78 is 7.40. The van der Waals surface area contributed by atoms with Crippen LogP contribution in [0.4, 0.5) is 10.6 Å². The summed E-state index contributed by atoms with van der Waals surface area (Å²) >= 11 is 0. The van der Waals surface area contributed by atoms with Crippen molar-refractivity contribution >= 4 is 11.8 Å². The maximum absolute atomic E-state index is 12.4. The summed E-state index contributed by atoms with van der Waals surface area (Å²) in [4.78, 5) is 14.0. The lowest BCUT2D eigenvalue weighted by Gasteiger charge is -2.20. The van der Waals surface area contributed by atoms with Crippen molar-refractivity contribution in [2.45, 2.75) is 39.3 Å². The molecule has 0 unspecified atom stereocenters. The van der Waals surface area contributed by atoms with Gasteiger partial charge in [0.1, 0.15) is 17.3 Å². The molecule has 1 N–H and O–H groups in total. The number of carbonyl (C=O) groups is 1. The van der Waals surface area contributed by atoms with Crippen molar-refractivity contribution in [1.29, 1.82) is 0 Å². The highest BCUT2D eigenvalue weighted by atomic mass is 16.3. The van der Waals surface area contributed by atoms with Crippen LogP contribution in [-0.4, -0.2) is 27.8 Å². The van der Waals surface area contributed by atoms with E-state index >= 15 is 0 Å². The van der Waals surface area contributed by atoms with Crippen LogP contribution < -0.4 is 5.32 Å². The molecule has 0 saturated heterocycles. The number of nitrogens with zero attached hydrogens (tertiary/aromatic N) is 3. The molecule has 6 heteroatoms. The van der Waals surface area contributed by atoms with Gasteiger partial charge in [-0.1, -0.05) is 12.2 Å². The summed E-state index contributed by atoms with van der Waals surface area (Å²) in [5.41, 5.74) is 0. The number of furan rings is 1. The average Bonchev–Trinajstić information content (AvgIpc) is 3.17. The van der Waals surface area contributed by atoms with E-state index in [1.165, 1.54) is 6.42 Å². The minimum absolute atomic E-state index is 0.172. The van der Waals surface area contributed by atoms with Crippen LogP contribution in [0, 0.1) is 12.8 Å². The van der Waals surface area contributed by atoms with Gasteiger partial charge in [-0.2, -0.15) is 5.10 Å². The largest absolute Gasteiger partial charge is 0.464 e. The summed E-state index contributed by atoms with van der Waals surface area (Å²) in [5, 5.41) is 7.29. The van der Waals surface area contributed by atoms with E-state index in [4.69, 9.17) is 4.42 Å². The Morgan fingerprint density at radius 2 is 2.29 bits per heavy atom. The van der Waals surface area contributed by atoms with E-state index in [9.17, 15) is 4.79 Å². The predicted molar refractivity (Wildman–Crippen MR) is 92.6 cm³/mol. The molecule has 24 heavy (non-hydrogen) atoms. The maximum Gasteiger partial charge on any atom is 0.323 e. The Balaban J connectivity index is 1.58. The molecule has 0 bridgehead atoms. The SMILES string of the molecule is Cc1ccc(CN(C)C(=O)Nc2ccnn2C[C@@H]2CC=CCC2)o1. The minimum Gasteiger partial charge on any atom is -0.464 e. The highest BCUT2D eigenvalue weighted by Gasteiger charge is 2.16. The van der Waals surface area contributed by atoms with Gasteiger partial charge in [0.2, 0.25) is 0 Å². The molecule has 0 aliphatic heterocycles. The predicted octanol–water partition coefficient (Wildman–Crippen LogP) is 3.80. The fourth-order valence-corrected chi connectivity index (χ4v) is 2.93. The summed E-state index contributed by atoms with van der Waals surface area (Å²) in [6.07, 6.45) is 9.55. The smallest absolute Gasteiger partial charge is 0.323 e. The van der Waals surface area contributed by atoms with Crippen molar-refractivity contribution < 1.29 is 9.21 Å². The van der Waals surface area contributed by atoms with Crippen molar-refractivity contribution in [3.63, 3.8) is 0 Å². The Hall–Kier alpha value is -2.50. The molecule has 0 saturated carbocycles. The fourth-order valence-electron chi connectivity index (χ4n) is 2.93. The zero-order valence-electron chi connectivity index (χ0n) is 14.2. The number of aromatic nitrogens is 2. The van der Waals surface area contributed by atoms with E-state index in [-0.39, 0.29) is 6.03 Å². The van der Waals surface area contributed by atoms with Crippen LogP contribution in [0.3, 0.4) is 0 Å². The number of rotatable bonds is 5. The molecule has 1 atom stereocenters. The van der Waals surface area contributed by atoms with Gasteiger partial charge in [-0.25, -0.2) is 9.48 Å². The van der Waals surface area contributed by atoms with Gasteiger partial charge in [-0.15, -0.1) is 0 Å². The molecule has 0 aromatic carbocycles. The Labute approximate surface area is 142 Å². The second-order valence-corrected chi connectivity index (χ2v) is 6.35. The first-order valence-corrected chi connectivity index (χ1v) is 8.36. The van der Waals surface area contributed by atoms with Crippen LogP contribution in [0.15, 0.2) is 41.0 Å². The lowest BCUT2D eigenvalue weighted by atomic mass is 9.94. The standard InChI is InChI=1S/C18H24N4O2/c1-14-8-9-16(24-14)13-21(2)18(23)20-17-10-11-19-22(17)12-15-6-4-3-5-7-15/h3-4,8-11,15H,5-7,12-13H2,1-2H3,(H,20,23)/t15-/m1/s1. The highest BCUT2D eigenvalue weighted by Crippen LogP contribution is 2.21. The van der Waals surface area contributed by atoms with Gasteiger partial charge >= 0.3 is 6.03 Å². The Morgan fingerprint density at radius 1 is 1.42 bits per heavy atom. The van der Waals surface area contributed by atoms with E-state index in [1.807, 2.05) is 29.8 Å². The van der Waals surface area contributed by atoms with Crippen molar-refractivity contribution in [3.8, 4) is 0 Å². The first-order chi connectivity index (χ1) is 11.6. The van der Waals surface area contributed by atoms with Gasteiger partial charge in [0.25, 0.3) is 0 Å². The molecular weight excluding hydrogens is 304 g/mol. The molecule has 0 spiro atoms. The van der Waals surface area contributed by atoms with Crippen molar-refractivity contribution in [2.75, 3.05) is 12.4 Å². The van der Waals surface area contributed by atoms with E-state index < -0.39 is 0 Å². The molecule has 2 amide bonds. The Kier molecular flexibility index (Phi) is 5.03. The molecule has 1 aliphatic rings. The summed E-state index contributed by atoms with van der Waals surface area (Å²) in [5.74, 6) is 2.93. The number of amides is 2. The monoisotopic (exact) mass is 328 g/mol. The molecule has 3 rings (SSSR count). The molecule has 2 aromatic heterocycles. The molecule has 0 fully saturated rings. The lowest BCUT2D eigenvalue weighted by Crippen LogP contribution is -2.31. The second-order valence-electron chi connectivity index (χ2n) is 6.35. The zero-order valence-corrected chi connectivity index (χ0v) is 14.2. The number of urea groups is 1. The first-order valence-electron chi connectivity index (χ1n) is 8.36. The molecule has 6 nitrogen and oxygen atoms in total. The number of nitrogens with one attached hydrogen (secondary N) is 1. The van der Waals surface area contributed by atoms with Gasteiger partial charge < -0.3 is 9.32 Å². The average molecular weight is 328 g/mol. The van der Waals surface area contributed by atoms with Crippen LogP contribution in [0.2, 0.25) is 0 Å². The quantitative estimate of drug-likeness (QED) is 0.849. The number of aryl methyl sites for hydroxylation is 1. The Bertz CT molecular complexity index is 716. The van der Waals surface area contributed by atoms with Gasteiger partial charge in [0, 0.05) is 19.7 Å². The van der Waals surface area contributed by atoms with Crippen LogP contribution in [-0.2, 0) is 13.1 Å². The summed E-state index contributed by atoms with van der Waals surface area (Å²) in [6.45, 7) is 3.15. The molecule has 1 aliphatic carbocycles. The molecular formula is C18H24N4O2. The van der Waals surface area contributed by atoms with Gasteiger partial charge in [0.05, 0.1) is 12.7 Å². The molecule has 128 valence electrons. The third-order valence-electron chi connectivity index (χ3n) is 4.30. The van der Waals surface area contributed by atoms with E-state index in [1.54, 1.807) is 18.1 Å². The number of hydrogen-bond acceptors (Lipinski definition) is 3. The van der Waals surface area contributed by atoms with Crippen LogP contribution in [0.25, 0.3) is 0 Å². The number of allylic oxidation sites excluding steroid dienone is 2. The minimum atomic E-state index is -0.172. The third kappa shape index (κ3) is 4.07. The van der Waals surface area contributed by atoms with Crippen molar-refractivity contribution in [2.24, 2.45) is 5.92 Å². The van der Waals surface area contributed by atoms with Crippen LogP contribution in [0.1, 0.15) is 30.8 Å². The van der Waals surface area contributed by atoms with Crippen LogP contribution >= 0.6 is 0 Å². The summed E-state index contributed by atoms with van der Waals surface area (Å²) in [6, 6.07) is 5.45. The first kappa shape index (κ1) is 16.4. The fraction of sp³-hybridized carbons (Fsp3) is 0.444. The lowest BCUT2D eigenvalue weighted by molar-refractivity contribution is 0.216. The molecule has 0 radical (unpaired) electrons. The summed E-state index contributed by atoms with van der Waals surface area (Å²) in [7, 11) is 1.75. The van der Waals surface area contributed by atoms with E-state index in [0.29, 0.717) is 12.5 Å². The highest BCUT2D eigenvalue weighted by molar-refractivity contribution is 5.88. The van der Waals surface area contributed by atoms with Gasteiger partial charge in [0.15, 0.2) is 0 Å². The normalized spacial score (nSPS) is 17.0. The topological polar surface area (TPSA) is 63.3 Å². The second kappa shape index (κ2) is 7.38. The zero-order chi connectivity index (χ0) is 16.9. The third-order valence-corrected chi connectivity index (χ3v) is 4.30. The maximum atomic E-state index is 12.4. The number of anilines is 1. The van der Waals surface area contributed by atoms with Crippen molar-refractivity contribution in [3.05, 3.63) is 48.1 Å². The Morgan fingerprint density at radius 3 is 3.00 bits per heavy atom. The molecule has 2 heterocycles. The van der Waals surface area contributed by atoms with Crippen molar-refractivity contribution in [1.82, 2.24) is 14.7 Å². The molecule has 2 aromatic rings. The van der Waals surface area contributed by atoms with E-state index in [0.717, 1.165) is 36.7 Å². The van der Waals surface area contributed by atoms with E-state index in [2.05, 4.69) is 22.6 Å². The van der Waals surface area contributed by atoms with Crippen LogP contribution in [0.5, 0.6) is 0 Å². The van der Waals surface area contributed by atoms with Gasteiger partial charge in [-0.05, 0) is 44.2 Å². The number of hydrogen-bond donors (Lipinski definition) is 1.